The third-order valence-electron chi connectivity index (χ3n) is 4.52. The highest BCUT2D eigenvalue weighted by atomic mass is 16.7. The number of nitrogens with zero attached hydrogens (tertiary/aromatic N) is 3. The van der Waals surface area contributed by atoms with Gasteiger partial charge in [-0.3, -0.25) is 9.63 Å². The first kappa shape index (κ1) is 14.6. The third-order valence-corrected chi connectivity index (χ3v) is 4.52. The van der Waals surface area contributed by atoms with Gasteiger partial charge in [0.25, 0.3) is 0 Å². The van der Waals surface area contributed by atoms with Crippen LogP contribution in [0.15, 0.2) is 18.3 Å². The van der Waals surface area contributed by atoms with Crippen LogP contribution in [0.3, 0.4) is 0 Å². The van der Waals surface area contributed by atoms with E-state index in [0.717, 1.165) is 39.1 Å². The lowest BCUT2D eigenvalue weighted by Crippen LogP contribution is -2.43. The van der Waals surface area contributed by atoms with Crippen molar-refractivity contribution in [2.45, 2.75) is 45.2 Å². The monoisotopic (exact) mass is 291 g/mol. The topological polar surface area (TPSA) is 37.7 Å². The molecule has 0 bridgehead atoms. The molecule has 0 unspecified atom stereocenters. The first-order chi connectivity index (χ1) is 10.3. The summed E-state index contributed by atoms with van der Waals surface area (Å²) in [5.74, 6) is 0.253. The molecule has 2 aliphatic heterocycles. The predicted molar refractivity (Wildman–Crippen MR) is 80.6 cm³/mol. The number of hydrogen-bond acceptors (Lipinski definition) is 3. The van der Waals surface area contributed by atoms with Gasteiger partial charge >= 0.3 is 0 Å². The van der Waals surface area contributed by atoms with Gasteiger partial charge in [-0.05, 0) is 31.4 Å². The van der Waals surface area contributed by atoms with Crippen LogP contribution in [0.5, 0.6) is 0 Å². The Morgan fingerprint density at radius 1 is 1.33 bits per heavy atom. The van der Waals surface area contributed by atoms with Crippen molar-refractivity contribution in [3.05, 3.63) is 24.0 Å². The molecule has 3 rings (SSSR count). The average molecular weight is 291 g/mol. The van der Waals surface area contributed by atoms with E-state index in [1.54, 1.807) is 0 Å². The lowest BCUT2D eigenvalue weighted by Gasteiger charge is -2.37. The Bertz CT molecular complexity index is 480. The molecule has 0 radical (unpaired) electrons. The molecule has 1 saturated heterocycles. The third kappa shape index (κ3) is 3.14. The maximum Gasteiger partial charge on any atom is 0.224 e. The van der Waals surface area contributed by atoms with E-state index in [9.17, 15) is 4.79 Å². The van der Waals surface area contributed by atoms with Gasteiger partial charge in [-0.2, -0.15) is 5.06 Å². The van der Waals surface area contributed by atoms with Crippen LogP contribution in [0, 0.1) is 0 Å². The van der Waals surface area contributed by atoms with Crippen LogP contribution in [-0.4, -0.2) is 46.7 Å². The highest BCUT2D eigenvalue weighted by Gasteiger charge is 2.29. The zero-order chi connectivity index (χ0) is 14.7. The van der Waals surface area contributed by atoms with Gasteiger partial charge in [0, 0.05) is 44.5 Å². The summed E-state index contributed by atoms with van der Waals surface area (Å²) in [5.41, 5.74) is 1.27. The Balaban J connectivity index is 1.59. The highest BCUT2D eigenvalue weighted by molar-refractivity contribution is 5.77. The van der Waals surface area contributed by atoms with E-state index in [1.807, 2.05) is 5.06 Å². The van der Waals surface area contributed by atoms with Gasteiger partial charge in [0.05, 0.1) is 12.6 Å². The Labute approximate surface area is 126 Å². The number of rotatable bonds is 4. The van der Waals surface area contributed by atoms with Gasteiger partial charge < -0.3 is 9.47 Å². The molecule has 21 heavy (non-hydrogen) atoms. The quantitative estimate of drug-likeness (QED) is 0.853. The SMILES string of the molecule is CC[C@@H]1c2cccn2CCN1C(=O)CCN1CCCCO1. The molecule has 1 amide bonds. The van der Waals surface area contributed by atoms with Gasteiger partial charge in [-0.25, -0.2) is 0 Å². The number of hydrogen-bond donors (Lipinski definition) is 0. The van der Waals surface area contributed by atoms with Crippen LogP contribution in [0.1, 0.15) is 44.3 Å². The van der Waals surface area contributed by atoms with E-state index in [-0.39, 0.29) is 11.9 Å². The van der Waals surface area contributed by atoms with Crippen molar-refractivity contribution < 1.29 is 9.63 Å². The summed E-state index contributed by atoms with van der Waals surface area (Å²) in [6.45, 7) is 6.34. The largest absolute Gasteiger partial charge is 0.348 e. The molecule has 5 heteroatoms. The maximum atomic E-state index is 12.6. The predicted octanol–water partition coefficient (Wildman–Crippen LogP) is 2.20. The van der Waals surface area contributed by atoms with E-state index in [2.05, 4.69) is 34.7 Å². The fourth-order valence-electron chi connectivity index (χ4n) is 3.38. The molecule has 0 aliphatic carbocycles. The summed E-state index contributed by atoms with van der Waals surface area (Å²) in [7, 11) is 0. The Morgan fingerprint density at radius 3 is 3.00 bits per heavy atom. The number of carbonyl (C=O) groups is 1. The zero-order valence-corrected chi connectivity index (χ0v) is 12.8. The van der Waals surface area contributed by atoms with Crippen molar-refractivity contribution in [2.24, 2.45) is 0 Å². The molecule has 2 aliphatic rings. The number of amides is 1. The van der Waals surface area contributed by atoms with Crippen molar-refractivity contribution >= 4 is 5.91 Å². The molecule has 116 valence electrons. The molecule has 1 aromatic rings. The summed E-state index contributed by atoms with van der Waals surface area (Å²) >= 11 is 0. The molecule has 5 nitrogen and oxygen atoms in total. The van der Waals surface area contributed by atoms with Gasteiger partial charge in [-0.15, -0.1) is 0 Å². The van der Waals surface area contributed by atoms with Crippen molar-refractivity contribution in [2.75, 3.05) is 26.2 Å². The summed E-state index contributed by atoms with van der Waals surface area (Å²) < 4.78 is 2.27. The second-order valence-corrected chi connectivity index (χ2v) is 5.86. The summed E-state index contributed by atoms with van der Waals surface area (Å²) in [6.07, 6.45) is 5.93. The number of hydroxylamine groups is 2. The molecule has 1 fully saturated rings. The van der Waals surface area contributed by atoms with Crippen LogP contribution in [-0.2, 0) is 16.2 Å². The second kappa shape index (κ2) is 6.62. The van der Waals surface area contributed by atoms with Crippen LogP contribution in [0.25, 0.3) is 0 Å². The fourth-order valence-corrected chi connectivity index (χ4v) is 3.38. The first-order valence-electron chi connectivity index (χ1n) is 8.12. The van der Waals surface area contributed by atoms with Crippen LogP contribution in [0.2, 0.25) is 0 Å². The summed E-state index contributed by atoms with van der Waals surface area (Å²) in [5, 5.41) is 1.95. The van der Waals surface area contributed by atoms with Crippen LogP contribution < -0.4 is 0 Å². The van der Waals surface area contributed by atoms with Gasteiger partial charge in [0.1, 0.15) is 0 Å². The van der Waals surface area contributed by atoms with E-state index < -0.39 is 0 Å². The van der Waals surface area contributed by atoms with Crippen molar-refractivity contribution in [1.29, 1.82) is 0 Å². The van der Waals surface area contributed by atoms with Crippen LogP contribution >= 0.6 is 0 Å². The van der Waals surface area contributed by atoms with Gasteiger partial charge in [-0.1, -0.05) is 6.92 Å². The molecule has 0 saturated carbocycles. The molecule has 3 heterocycles. The average Bonchev–Trinajstić information content (AvgIpc) is 3.01. The number of aromatic nitrogens is 1. The van der Waals surface area contributed by atoms with Gasteiger partial charge in [0.2, 0.25) is 5.91 Å². The molecular formula is C16H25N3O2. The van der Waals surface area contributed by atoms with Crippen LogP contribution in [0.4, 0.5) is 0 Å². The highest BCUT2D eigenvalue weighted by Crippen LogP contribution is 2.29. The van der Waals surface area contributed by atoms with Crippen molar-refractivity contribution in [1.82, 2.24) is 14.5 Å². The number of carbonyl (C=O) groups excluding carboxylic acids is 1. The molecule has 0 aromatic carbocycles. The Morgan fingerprint density at radius 2 is 2.24 bits per heavy atom. The minimum Gasteiger partial charge on any atom is -0.348 e. The van der Waals surface area contributed by atoms with E-state index in [1.165, 1.54) is 12.1 Å². The number of fused-ring (bicyclic) bond motifs is 1. The molecule has 0 spiro atoms. The van der Waals surface area contributed by atoms with Crippen molar-refractivity contribution in [3.8, 4) is 0 Å². The minimum atomic E-state index is 0.225. The fraction of sp³-hybridized carbons (Fsp3) is 0.688. The zero-order valence-electron chi connectivity index (χ0n) is 12.8. The minimum absolute atomic E-state index is 0.225. The second-order valence-electron chi connectivity index (χ2n) is 5.86. The first-order valence-corrected chi connectivity index (χ1v) is 8.12. The molecular weight excluding hydrogens is 266 g/mol. The van der Waals surface area contributed by atoms with Crippen molar-refractivity contribution in [3.63, 3.8) is 0 Å². The Hall–Kier alpha value is -1.33. The van der Waals surface area contributed by atoms with E-state index >= 15 is 0 Å². The van der Waals surface area contributed by atoms with E-state index in [0.29, 0.717) is 13.0 Å². The maximum absolute atomic E-state index is 12.6. The standard InChI is InChI=1S/C16H25N3O2/c1-2-14-15-6-5-8-17(15)11-12-19(14)16(20)7-10-18-9-3-4-13-21-18/h5-6,8,14H,2-4,7,9-13H2,1H3/t14-/m1/s1. The molecule has 1 aromatic heterocycles. The lowest BCUT2D eigenvalue weighted by atomic mass is 10.1. The molecule has 1 atom stereocenters. The summed E-state index contributed by atoms with van der Waals surface area (Å²) in [4.78, 5) is 20.2. The summed E-state index contributed by atoms with van der Waals surface area (Å²) in [6, 6.07) is 4.44. The molecule has 0 N–H and O–H groups in total. The lowest BCUT2D eigenvalue weighted by molar-refractivity contribution is -0.183. The van der Waals surface area contributed by atoms with Gasteiger partial charge in [0.15, 0.2) is 0 Å². The smallest absolute Gasteiger partial charge is 0.224 e. The van der Waals surface area contributed by atoms with E-state index in [4.69, 9.17) is 4.84 Å². The normalized spacial score (nSPS) is 23.1. The Kier molecular flexibility index (Phi) is 4.60.